The largest absolute Gasteiger partial charge is 0.454 e. The van der Waals surface area contributed by atoms with Gasteiger partial charge in [-0.3, -0.25) is 4.79 Å². The summed E-state index contributed by atoms with van der Waals surface area (Å²) in [5, 5.41) is 13.9. The summed E-state index contributed by atoms with van der Waals surface area (Å²) in [6.45, 7) is 2.56. The number of anilines is 1. The van der Waals surface area contributed by atoms with Crippen LogP contribution in [0.1, 0.15) is 35.7 Å². The predicted octanol–water partition coefficient (Wildman–Crippen LogP) is 3.13. The van der Waals surface area contributed by atoms with Gasteiger partial charge in [-0.25, -0.2) is 4.79 Å². The number of amides is 2. The van der Waals surface area contributed by atoms with Crippen LogP contribution in [0.5, 0.6) is 11.5 Å². The van der Waals surface area contributed by atoms with E-state index in [1.807, 2.05) is 12.1 Å². The summed E-state index contributed by atoms with van der Waals surface area (Å²) in [6.07, 6.45) is 0.868. The zero-order chi connectivity index (χ0) is 19.7. The minimum absolute atomic E-state index is 0.0169. The average molecular weight is 382 g/mol. The molecule has 0 radical (unpaired) electrons. The Morgan fingerprint density at radius 3 is 2.39 bits per heavy atom. The number of carbonyl (C=O) groups is 2. The molecular weight excluding hydrogens is 360 g/mol. The molecule has 0 atom stereocenters. The Morgan fingerprint density at radius 2 is 1.71 bits per heavy atom. The lowest BCUT2D eigenvalue weighted by Crippen LogP contribution is -2.46. The third kappa shape index (κ3) is 3.53. The molecule has 146 valence electrons. The van der Waals surface area contributed by atoms with Crippen molar-refractivity contribution in [3.05, 3.63) is 53.6 Å². The Labute approximate surface area is 162 Å². The minimum atomic E-state index is -0.999. The normalized spacial score (nSPS) is 17.3. The van der Waals surface area contributed by atoms with E-state index in [0.29, 0.717) is 48.7 Å². The van der Waals surface area contributed by atoms with Crippen molar-refractivity contribution in [2.45, 2.75) is 25.4 Å². The van der Waals surface area contributed by atoms with Crippen LogP contribution in [-0.2, 0) is 5.60 Å². The van der Waals surface area contributed by atoms with Crippen LogP contribution < -0.4 is 14.8 Å². The van der Waals surface area contributed by atoms with E-state index in [4.69, 9.17) is 9.47 Å². The highest BCUT2D eigenvalue weighted by molar-refractivity contribution is 5.95. The van der Waals surface area contributed by atoms with Gasteiger partial charge in [0.15, 0.2) is 17.3 Å². The molecule has 2 aliphatic rings. The van der Waals surface area contributed by atoms with Gasteiger partial charge in [-0.05, 0) is 61.7 Å². The van der Waals surface area contributed by atoms with Crippen LogP contribution in [0.2, 0.25) is 0 Å². The van der Waals surface area contributed by atoms with Gasteiger partial charge in [-0.1, -0.05) is 6.07 Å². The summed E-state index contributed by atoms with van der Waals surface area (Å²) in [5.74, 6) is 1.30. The van der Waals surface area contributed by atoms with Crippen molar-refractivity contribution < 1.29 is 24.2 Å². The predicted molar refractivity (Wildman–Crippen MR) is 103 cm³/mol. The van der Waals surface area contributed by atoms with Crippen LogP contribution >= 0.6 is 0 Å². The number of aliphatic hydroxyl groups is 1. The molecule has 2 aromatic rings. The van der Waals surface area contributed by atoms with Gasteiger partial charge in [0.25, 0.3) is 0 Å². The smallest absolute Gasteiger partial charge is 0.321 e. The van der Waals surface area contributed by atoms with Crippen molar-refractivity contribution in [1.82, 2.24) is 4.90 Å². The Morgan fingerprint density at radius 1 is 1.04 bits per heavy atom. The lowest BCUT2D eigenvalue weighted by molar-refractivity contribution is -0.0158. The highest BCUT2D eigenvalue weighted by atomic mass is 16.7. The number of urea groups is 1. The molecular formula is C21H22N2O5. The van der Waals surface area contributed by atoms with Gasteiger partial charge in [0.05, 0.1) is 5.60 Å². The number of fused-ring (bicyclic) bond motifs is 1. The lowest BCUT2D eigenvalue weighted by Gasteiger charge is -2.38. The Hall–Kier alpha value is -3.06. The fourth-order valence-electron chi connectivity index (χ4n) is 3.55. The number of likely N-dealkylation sites (tertiary alicyclic amines) is 1. The third-order valence-corrected chi connectivity index (χ3v) is 5.33. The number of Topliss-reactive ketones (excluding diaryl/α,β-unsaturated/α-hetero) is 1. The van der Waals surface area contributed by atoms with Crippen molar-refractivity contribution in [3.63, 3.8) is 0 Å². The van der Waals surface area contributed by atoms with Crippen molar-refractivity contribution in [1.29, 1.82) is 0 Å². The number of ketones is 1. The molecule has 4 rings (SSSR count). The second-order valence-electron chi connectivity index (χ2n) is 7.15. The number of nitrogens with one attached hydrogen (secondary N) is 1. The molecule has 2 aliphatic heterocycles. The number of ether oxygens (including phenoxy) is 2. The molecule has 2 N–H and O–H groups in total. The summed E-state index contributed by atoms with van der Waals surface area (Å²) < 4.78 is 10.7. The second kappa shape index (κ2) is 7.16. The monoisotopic (exact) mass is 382 g/mol. The topological polar surface area (TPSA) is 88.1 Å². The number of benzene rings is 2. The fourth-order valence-corrected chi connectivity index (χ4v) is 3.55. The minimum Gasteiger partial charge on any atom is -0.454 e. The maximum Gasteiger partial charge on any atom is 0.321 e. The molecule has 0 bridgehead atoms. The molecule has 0 saturated carbocycles. The van der Waals surface area contributed by atoms with Crippen LogP contribution in [0, 0.1) is 0 Å². The second-order valence-corrected chi connectivity index (χ2v) is 7.15. The van der Waals surface area contributed by atoms with Crippen molar-refractivity contribution in [2.75, 3.05) is 25.2 Å². The molecule has 0 aliphatic carbocycles. The standard InChI is InChI=1S/C21H22N2O5/c1-14(24)15-2-5-17(6-3-15)22-20(25)23-10-8-21(26,9-11-23)16-4-7-18-19(12-16)28-13-27-18/h2-7,12,26H,8-11,13H2,1H3,(H,22,25). The maximum atomic E-state index is 12.5. The van der Waals surface area contributed by atoms with E-state index in [2.05, 4.69) is 5.32 Å². The number of rotatable bonds is 3. The van der Waals surface area contributed by atoms with E-state index in [1.165, 1.54) is 6.92 Å². The third-order valence-electron chi connectivity index (χ3n) is 5.33. The van der Waals surface area contributed by atoms with Crippen LogP contribution in [0.4, 0.5) is 10.5 Å². The Kier molecular flexibility index (Phi) is 4.68. The van der Waals surface area contributed by atoms with E-state index in [9.17, 15) is 14.7 Å². The van der Waals surface area contributed by atoms with E-state index in [1.54, 1.807) is 35.2 Å². The van der Waals surface area contributed by atoms with Gasteiger partial charge in [-0.15, -0.1) is 0 Å². The zero-order valence-corrected chi connectivity index (χ0v) is 15.6. The Balaban J connectivity index is 1.38. The molecule has 1 saturated heterocycles. The number of carbonyl (C=O) groups excluding carboxylic acids is 2. The molecule has 28 heavy (non-hydrogen) atoms. The SMILES string of the molecule is CC(=O)c1ccc(NC(=O)N2CCC(O)(c3ccc4c(c3)OCO4)CC2)cc1. The van der Waals surface area contributed by atoms with Crippen LogP contribution in [0.15, 0.2) is 42.5 Å². The highest BCUT2D eigenvalue weighted by Crippen LogP contribution is 2.39. The van der Waals surface area contributed by atoms with Gasteiger partial charge < -0.3 is 24.8 Å². The lowest BCUT2D eigenvalue weighted by atomic mass is 9.84. The summed E-state index contributed by atoms with van der Waals surface area (Å²) in [6, 6.07) is 12.0. The molecule has 0 spiro atoms. The first-order chi connectivity index (χ1) is 13.4. The number of nitrogens with zero attached hydrogens (tertiary/aromatic N) is 1. The zero-order valence-electron chi connectivity index (χ0n) is 15.6. The molecule has 2 heterocycles. The van der Waals surface area contributed by atoms with Gasteiger partial charge in [-0.2, -0.15) is 0 Å². The Bertz CT molecular complexity index is 902. The summed E-state index contributed by atoms with van der Waals surface area (Å²) in [7, 11) is 0. The molecule has 7 nitrogen and oxygen atoms in total. The average Bonchev–Trinajstić information content (AvgIpc) is 3.17. The molecule has 0 aromatic heterocycles. The molecule has 1 fully saturated rings. The molecule has 0 unspecified atom stereocenters. The molecule has 2 aromatic carbocycles. The first-order valence-electron chi connectivity index (χ1n) is 9.24. The maximum absolute atomic E-state index is 12.5. The molecule has 2 amide bonds. The van der Waals surface area contributed by atoms with Crippen LogP contribution in [0.3, 0.4) is 0 Å². The van der Waals surface area contributed by atoms with Gasteiger partial charge in [0, 0.05) is 24.3 Å². The van der Waals surface area contributed by atoms with E-state index < -0.39 is 5.60 Å². The van der Waals surface area contributed by atoms with E-state index in [0.717, 1.165) is 5.56 Å². The first kappa shape index (κ1) is 18.3. The summed E-state index contributed by atoms with van der Waals surface area (Å²) in [5.41, 5.74) is 1.01. The first-order valence-corrected chi connectivity index (χ1v) is 9.24. The van der Waals surface area contributed by atoms with Crippen molar-refractivity contribution >= 4 is 17.5 Å². The molecule has 7 heteroatoms. The van der Waals surface area contributed by atoms with Crippen LogP contribution in [-0.4, -0.2) is 41.7 Å². The van der Waals surface area contributed by atoms with Gasteiger partial charge in [0.1, 0.15) is 0 Å². The van der Waals surface area contributed by atoms with Crippen LogP contribution in [0.25, 0.3) is 0 Å². The van der Waals surface area contributed by atoms with Gasteiger partial charge >= 0.3 is 6.03 Å². The van der Waals surface area contributed by atoms with E-state index in [-0.39, 0.29) is 18.6 Å². The summed E-state index contributed by atoms with van der Waals surface area (Å²) >= 11 is 0. The highest BCUT2D eigenvalue weighted by Gasteiger charge is 2.36. The van der Waals surface area contributed by atoms with Crippen molar-refractivity contribution in [2.24, 2.45) is 0 Å². The number of hydrogen-bond acceptors (Lipinski definition) is 5. The van der Waals surface area contributed by atoms with E-state index >= 15 is 0 Å². The van der Waals surface area contributed by atoms with Gasteiger partial charge in [0.2, 0.25) is 6.79 Å². The summed E-state index contributed by atoms with van der Waals surface area (Å²) in [4.78, 5) is 25.5. The van der Waals surface area contributed by atoms with Crippen molar-refractivity contribution in [3.8, 4) is 11.5 Å². The quantitative estimate of drug-likeness (QED) is 0.797. The number of hydrogen-bond donors (Lipinski definition) is 2. The fraction of sp³-hybridized carbons (Fsp3) is 0.333. The number of piperidine rings is 1.